The van der Waals surface area contributed by atoms with Gasteiger partial charge in [0, 0.05) is 37.7 Å². The monoisotopic (exact) mass is 351 g/mol. The molecule has 26 heavy (non-hydrogen) atoms. The molecule has 0 unspecified atom stereocenters. The first-order valence-corrected chi connectivity index (χ1v) is 8.76. The molecule has 0 spiro atoms. The van der Waals surface area contributed by atoms with Gasteiger partial charge in [-0.1, -0.05) is 36.4 Å². The first kappa shape index (κ1) is 16.5. The minimum Gasteiger partial charge on any atom is -0.340 e. The summed E-state index contributed by atoms with van der Waals surface area (Å²) in [5, 5.41) is 4.26. The summed E-state index contributed by atoms with van der Waals surface area (Å²) in [7, 11) is 0. The zero-order chi connectivity index (χ0) is 18.1. The maximum Gasteiger partial charge on any atom is 0.350 e. The van der Waals surface area contributed by atoms with E-state index < -0.39 is 0 Å². The van der Waals surface area contributed by atoms with Crippen molar-refractivity contribution in [2.45, 2.75) is 24.9 Å². The molecule has 1 amide bonds. The van der Waals surface area contributed by atoms with Crippen LogP contribution in [-0.4, -0.2) is 44.1 Å². The summed E-state index contributed by atoms with van der Waals surface area (Å²) in [5.74, 6) is 0.154. The van der Waals surface area contributed by atoms with Crippen LogP contribution < -0.4 is 11.4 Å². The van der Waals surface area contributed by atoms with E-state index in [1.54, 1.807) is 23.2 Å². The van der Waals surface area contributed by atoms with E-state index in [9.17, 15) is 9.59 Å². The quantitative estimate of drug-likeness (QED) is 0.755. The van der Waals surface area contributed by atoms with Gasteiger partial charge in [0.25, 0.3) is 0 Å². The number of likely N-dealkylation sites (tertiary alicyclic amines) is 1. The molecule has 0 radical (unpaired) electrons. The van der Waals surface area contributed by atoms with E-state index >= 15 is 0 Å². The third-order valence-electron chi connectivity index (χ3n) is 4.97. The van der Waals surface area contributed by atoms with Crippen LogP contribution in [-0.2, 0) is 11.3 Å². The number of hydrogen-bond acceptors (Lipinski definition) is 4. The van der Waals surface area contributed by atoms with Crippen LogP contribution in [0.4, 0.5) is 0 Å². The number of benzene rings is 1. The first-order chi connectivity index (χ1) is 12.6. The fraction of sp³-hybridized carbons (Fsp3) is 0.316. The Balaban J connectivity index is 1.42. The molecule has 1 fully saturated rings. The molecular weight excluding hydrogens is 330 g/mol. The van der Waals surface area contributed by atoms with Crippen LogP contribution in [0.5, 0.6) is 0 Å². The highest BCUT2D eigenvalue weighted by Gasteiger charge is 2.33. The number of hydrogen-bond donors (Lipinski definition) is 1. The molecule has 1 aliphatic rings. The average molecular weight is 351 g/mol. The molecule has 1 saturated heterocycles. The van der Waals surface area contributed by atoms with Gasteiger partial charge in [-0.15, -0.1) is 5.10 Å². The lowest BCUT2D eigenvalue weighted by Crippen LogP contribution is -2.33. The number of amides is 1. The van der Waals surface area contributed by atoms with Crippen molar-refractivity contribution in [1.29, 1.82) is 0 Å². The summed E-state index contributed by atoms with van der Waals surface area (Å²) in [5.41, 5.74) is 7.77. The predicted molar refractivity (Wildman–Crippen MR) is 97.8 cm³/mol. The zero-order valence-electron chi connectivity index (χ0n) is 14.4. The van der Waals surface area contributed by atoms with Crippen molar-refractivity contribution in [3.63, 3.8) is 0 Å². The molecule has 3 heterocycles. The van der Waals surface area contributed by atoms with E-state index in [1.165, 1.54) is 9.08 Å². The number of aryl methyl sites for hydroxylation is 1. The number of carbonyl (C=O) groups is 1. The lowest BCUT2D eigenvalue weighted by molar-refractivity contribution is -0.130. The molecule has 0 saturated carbocycles. The predicted octanol–water partition coefficient (Wildman–Crippen LogP) is 0.839. The number of aromatic nitrogens is 3. The zero-order valence-corrected chi connectivity index (χ0v) is 14.4. The van der Waals surface area contributed by atoms with Crippen molar-refractivity contribution in [3.8, 4) is 0 Å². The molecule has 4 rings (SSSR count). The number of carbonyl (C=O) groups excluding carboxylic acids is 1. The van der Waals surface area contributed by atoms with Gasteiger partial charge in [-0.05, 0) is 17.7 Å². The van der Waals surface area contributed by atoms with E-state index in [2.05, 4.69) is 17.2 Å². The Morgan fingerprint density at radius 2 is 1.88 bits per heavy atom. The number of nitrogens with zero attached hydrogens (tertiary/aromatic N) is 4. The summed E-state index contributed by atoms with van der Waals surface area (Å²) < 4.78 is 2.82. The Labute approximate surface area is 150 Å². The van der Waals surface area contributed by atoms with E-state index in [4.69, 9.17) is 5.73 Å². The van der Waals surface area contributed by atoms with Gasteiger partial charge in [-0.2, -0.15) is 0 Å². The van der Waals surface area contributed by atoms with Gasteiger partial charge in [0.1, 0.15) is 0 Å². The molecular formula is C19H21N5O2. The molecule has 7 nitrogen and oxygen atoms in total. The van der Waals surface area contributed by atoms with Crippen LogP contribution in [0.25, 0.3) is 5.65 Å². The smallest absolute Gasteiger partial charge is 0.340 e. The van der Waals surface area contributed by atoms with Gasteiger partial charge in [0.2, 0.25) is 5.91 Å². The van der Waals surface area contributed by atoms with Gasteiger partial charge in [-0.25, -0.2) is 9.48 Å². The highest BCUT2D eigenvalue weighted by Crippen LogP contribution is 2.26. The topological polar surface area (TPSA) is 85.6 Å². The van der Waals surface area contributed by atoms with Crippen LogP contribution >= 0.6 is 0 Å². The molecule has 1 aromatic carbocycles. The van der Waals surface area contributed by atoms with Crippen molar-refractivity contribution in [1.82, 2.24) is 19.1 Å². The van der Waals surface area contributed by atoms with E-state index in [0.29, 0.717) is 18.7 Å². The fourth-order valence-corrected chi connectivity index (χ4v) is 3.56. The number of fused-ring (bicyclic) bond motifs is 1. The Hall–Kier alpha value is -2.93. The first-order valence-electron chi connectivity index (χ1n) is 8.76. The SMILES string of the molecule is N[C@@H]1CN(C(=O)CCn2nc3ccccn3c2=O)C[C@H]1c1ccccc1. The lowest BCUT2D eigenvalue weighted by atomic mass is 9.95. The Morgan fingerprint density at radius 3 is 2.65 bits per heavy atom. The molecule has 2 aromatic heterocycles. The third kappa shape index (κ3) is 3.01. The number of rotatable bonds is 4. The van der Waals surface area contributed by atoms with Gasteiger partial charge >= 0.3 is 5.69 Å². The summed E-state index contributed by atoms with van der Waals surface area (Å²) in [6.45, 7) is 1.42. The summed E-state index contributed by atoms with van der Waals surface area (Å²) in [4.78, 5) is 26.7. The Kier molecular flexibility index (Phi) is 4.30. The van der Waals surface area contributed by atoms with Crippen molar-refractivity contribution >= 4 is 11.6 Å². The third-order valence-corrected chi connectivity index (χ3v) is 4.97. The molecule has 134 valence electrons. The number of pyridine rings is 1. The van der Waals surface area contributed by atoms with Crippen LogP contribution in [0.2, 0.25) is 0 Å². The number of nitrogens with two attached hydrogens (primary N) is 1. The van der Waals surface area contributed by atoms with Gasteiger partial charge in [0.15, 0.2) is 5.65 Å². The largest absolute Gasteiger partial charge is 0.350 e. The standard InChI is InChI=1S/C19H21N5O2/c20-16-13-22(12-15(16)14-6-2-1-3-7-14)18(25)9-11-24-19(26)23-10-5-4-8-17(23)21-24/h1-8,10,15-16H,9,11-13,20H2/t15-,16+/m0/s1. The molecule has 2 atom stereocenters. The molecule has 1 aliphatic heterocycles. The normalized spacial score (nSPS) is 20.0. The van der Waals surface area contributed by atoms with Crippen molar-refractivity contribution in [2.75, 3.05) is 13.1 Å². The van der Waals surface area contributed by atoms with Gasteiger partial charge in [0.05, 0.1) is 6.54 Å². The van der Waals surface area contributed by atoms with Crippen molar-refractivity contribution < 1.29 is 4.79 Å². The lowest BCUT2D eigenvalue weighted by Gasteiger charge is -2.16. The second kappa shape index (κ2) is 6.76. The van der Waals surface area contributed by atoms with Crippen LogP contribution in [0.3, 0.4) is 0 Å². The minimum absolute atomic E-state index is 0.00263. The van der Waals surface area contributed by atoms with Crippen molar-refractivity contribution in [3.05, 3.63) is 70.8 Å². The highest BCUT2D eigenvalue weighted by molar-refractivity contribution is 5.76. The molecule has 0 aliphatic carbocycles. The van der Waals surface area contributed by atoms with E-state index in [-0.39, 0.29) is 36.5 Å². The molecule has 0 bridgehead atoms. The maximum absolute atomic E-state index is 12.6. The Morgan fingerprint density at radius 1 is 1.12 bits per heavy atom. The van der Waals surface area contributed by atoms with E-state index in [1.807, 2.05) is 24.3 Å². The van der Waals surface area contributed by atoms with Crippen LogP contribution in [0.1, 0.15) is 17.9 Å². The summed E-state index contributed by atoms with van der Waals surface area (Å²) in [6, 6.07) is 15.4. The van der Waals surface area contributed by atoms with E-state index in [0.717, 1.165) is 5.56 Å². The molecule has 3 aromatic rings. The van der Waals surface area contributed by atoms with Crippen molar-refractivity contribution in [2.24, 2.45) is 5.73 Å². The molecule has 7 heteroatoms. The van der Waals surface area contributed by atoms with Crippen LogP contribution in [0.15, 0.2) is 59.5 Å². The second-order valence-corrected chi connectivity index (χ2v) is 6.66. The minimum atomic E-state index is -0.228. The second-order valence-electron chi connectivity index (χ2n) is 6.66. The summed E-state index contributed by atoms with van der Waals surface area (Å²) >= 11 is 0. The summed E-state index contributed by atoms with van der Waals surface area (Å²) in [6.07, 6.45) is 1.91. The molecule has 2 N–H and O–H groups in total. The van der Waals surface area contributed by atoms with Gasteiger partial charge in [-0.3, -0.25) is 9.20 Å². The maximum atomic E-state index is 12.6. The van der Waals surface area contributed by atoms with Gasteiger partial charge < -0.3 is 10.6 Å². The Bertz CT molecular complexity index is 978. The fourth-order valence-electron chi connectivity index (χ4n) is 3.56. The average Bonchev–Trinajstić information content (AvgIpc) is 3.21. The van der Waals surface area contributed by atoms with Crippen LogP contribution in [0, 0.1) is 0 Å². The highest BCUT2D eigenvalue weighted by atomic mass is 16.2.